The van der Waals surface area contributed by atoms with Crippen molar-refractivity contribution in [2.45, 2.75) is 77.3 Å². The van der Waals surface area contributed by atoms with Crippen LogP contribution in [0, 0.1) is 0 Å². The van der Waals surface area contributed by atoms with E-state index in [2.05, 4.69) is 45.5 Å². The average molecular weight is 415 g/mol. The lowest BCUT2D eigenvalue weighted by Gasteiger charge is -2.38. The SMILES string of the molecule is CC(C)(C)N(C=NC(N)=Nc1ccc(OCCN2CCCCC2)cn1)C1CCCC1. The van der Waals surface area contributed by atoms with Gasteiger partial charge in [0.25, 0.3) is 0 Å². The fourth-order valence-corrected chi connectivity index (χ4v) is 4.26. The Labute approximate surface area is 181 Å². The van der Waals surface area contributed by atoms with Crippen molar-refractivity contribution in [2.75, 3.05) is 26.2 Å². The van der Waals surface area contributed by atoms with Gasteiger partial charge in [0.2, 0.25) is 5.96 Å². The van der Waals surface area contributed by atoms with Crippen LogP contribution in [0.1, 0.15) is 65.7 Å². The van der Waals surface area contributed by atoms with E-state index >= 15 is 0 Å². The molecule has 30 heavy (non-hydrogen) atoms. The summed E-state index contributed by atoms with van der Waals surface area (Å²) in [5.74, 6) is 1.51. The van der Waals surface area contributed by atoms with Crippen molar-refractivity contribution in [1.29, 1.82) is 0 Å². The number of aromatic nitrogens is 1. The number of piperidine rings is 1. The van der Waals surface area contributed by atoms with E-state index in [4.69, 9.17) is 10.5 Å². The highest BCUT2D eigenvalue weighted by molar-refractivity contribution is 5.87. The second kappa shape index (κ2) is 10.8. The first-order chi connectivity index (χ1) is 14.4. The van der Waals surface area contributed by atoms with Crippen LogP contribution in [0.4, 0.5) is 5.82 Å². The highest BCUT2D eigenvalue weighted by Gasteiger charge is 2.28. The molecule has 0 atom stereocenters. The normalized spacial score (nSPS) is 19.5. The summed E-state index contributed by atoms with van der Waals surface area (Å²) < 4.78 is 5.82. The van der Waals surface area contributed by atoms with Gasteiger partial charge in [0.1, 0.15) is 12.4 Å². The quantitative estimate of drug-likeness (QED) is 0.539. The largest absolute Gasteiger partial charge is 0.491 e. The van der Waals surface area contributed by atoms with Crippen molar-refractivity contribution in [3.63, 3.8) is 0 Å². The van der Waals surface area contributed by atoms with Gasteiger partial charge < -0.3 is 15.4 Å². The van der Waals surface area contributed by atoms with Gasteiger partial charge in [-0.05, 0) is 71.7 Å². The van der Waals surface area contributed by atoms with Crippen LogP contribution >= 0.6 is 0 Å². The molecule has 0 spiro atoms. The molecule has 2 N–H and O–H groups in total. The fourth-order valence-electron chi connectivity index (χ4n) is 4.26. The summed E-state index contributed by atoms with van der Waals surface area (Å²) in [5, 5.41) is 0. The Kier molecular flexibility index (Phi) is 8.08. The molecule has 2 heterocycles. The van der Waals surface area contributed by atoms with Crippen LogP contribution in [0.25, 0.3) is 0 Å². The Morgan fingerprint density at radius 1 is 1.20 bits per heavy atom. The van der Waals surface area contributed by atoms with Gasteiger partial charge in [0.05, 0.1) is 12.5 Å². The number of rotatable bonds is 7. The molecule has 1 saturated heterocycles. The van der Waals surface area contributed by atoms with Gasteiger partial charge in [-0.1, -0.05) is 19.3 Å². The standard InChI is InChI=1S/C23H38N6O/c1-23(2,3)29(19-9-5-6-10-19)18-26-22(24)27-21-12-11-20(17-25-21)30-16-15-28-13-7-4-8-14-28/h11-12,17-19H,4-10,13-16H2,1-3H3,(H2,24,25,27). The molecule has 1 aliphatic heterocycles. The van der Waals surface area contributed by atoms with E-state index in [9.17, 15) is 0 Å². The van der Waals surface area contributed by atoms with Gasteiger partial charge in [0.15, 0.2) is 5.82 Å². The predicted molar refractivity (Wildman–Crippen MR) is 124 cm³/mol. The molecule has 166 valence electrons. The Bertz CT molecular complexity index is 697. The van der Waals surface area contributed by atoms with Crippen LogP contribution in [-0.4, -0.2) is 64.9 Å². The number of hydrogen-bond acceptors (Lipinski definition) is 4. The lowest BCUT2D eigenvalue weighted by molar-refractivity contribution is 0.183. The topological polar surface area (TPSA) is 79.3 Å². The van der Waals surface area contributed by atoms with Crippen molar-refractivity contribution >= 4 is 18.1 Å². The third-order valence-electron chi connectivity index (χ3n) is 5.88. The van der Waals surface area contributed by atoms with Crippen LogP contribution in [0.15, 0.2) is 28.3 Å². The summed E-state index contributed by atoms with van der Waals surface area (Å²) >= 11 is 0. The minimum atomic E-state index is 0.00419. The van der Waals surface area contributed by atoms with Gasteiger partial charge in [-0.15, -0.1) is 0 Å². The van der Waals surface area contributed by atoms with Gasteiger partial charge in [0, 0.05) is 18.1 Å². The molecule has 0 unspecified atom stereocenters. The predicted octanol–water partition coefficient (Wildman–Crippen LogP) is 3.96. The third-order valence-corrected chi connectivity index (χ3v) is 5.88. The Balaban J connectivity index is 1.51. The summed E-state index contributed by atoms with van der Waals surface area (Å²) in [5.41, 5.74) is 6.05. The van der Waals surface area contributed by atoms with Gasteiger partial charge in [-0.25, -0.2) is 9.98 Å². The van der Waals surface area contributed by atoms with E-state index in [1.165, 1.54) is 58.0 Å². The molecule has 0 bridgehead atoms. The zero-order valence-electron chi connectivity index (χ0n) is 18.9. The van der Waals surface area contributed by atoms with E-state index in [1.807, 2.05) is 18.5 Å². The molecule has 7 heteroatoms. The van der Waals surface area contributed by atoms with Crippen molar-refractivity contribution in [1.82, 2.24) is 14.8 Å². The number of nitrogens with zero attached hydrogens (tertiary/aromatic N) is 5. The van der Waals surface area contributed by atoms with E-state index in [1.54, 1.807) is 6.20 Å². The van der Waals surface area contributed by atoms with Gasteiger partial charge in [-0.3, -0.25) is 4.90 Å². The fraction of sp³-hybridized carbons (Fsp3) is 0.696. The molecule has 0 amide bonds. The molecule has 2 aliphatic rings. The van der Waals surface area contributed by atoms with Crippen molar-refractivity contribution in [3.05, 3.63) is 18.3 Å². The smallest absolute Gasteiger partial charge is 0.223 e. The number of likely N-dealkylation sites (tertiary alicyclic amines) is 1. The molecule has 1 aromatic heterocycles. The molecule has 2 fully saturated rings. The lowest BCUT2D eigenvalue weighted by atomic mass is 10.0. The number of aliphatic imine (C=N–C) groups is 2. The summed E-state index contributed by atoms with van der Waals surface area (Å²) in [6, 6.07) is 4.23. The lowest BCUT2D eigenvalue weighted by Crippen LogP contribution is -2.46. The second-order valence-electron chi connectivity index (χ2n) is 9.33. The minimum absolute atomic E-state index is 0.00419. The summed E-state index contributed by atoms with van der Waals surface area (Å²) in [6.45, 7) is 10.6. The molecule has 1 aliphatic carbocycles. The highest BCUT2D eigenvalue weighted by atomic mass is 16.5. The Morgan fingerprint density at radius 3 is 2.57 bits per heavy atom. The molecule has 0 aromatic carbocycles. The number of guanidine groups is 1. The molecular weight excluding hydrogens is 376 g/mol. The summed E-state index contributed by atoms with van der Waals surface area (Å²) in [4.78, 5) is 17.9. The third kappa shape index (κ3) is 6.97. The van der Waals surface area contributed by atoms with Crippen LogP contribution in [0.2, 0.25) is 0 Å². The highest BCUT2D eigenvalue weighted by Crippen LogP contribution is 2.27. The first-order valence-electron chi connectivity index (χ1n) is 11.4. The summed E-state index contributed by atoms with van der Waals surface area (Å²) in [6.07, 6.45) is 12.5. The average Bonchev–Trinajstić information content (AvgIpc) is 3.23. The number of hydrogen-bond donors (Lipinski definition) is 1. The number of pyridine rings is 1. The van der Waals surface area contributed by atoms with Crippen molar-refractivity contribution in [2.24, 2.45) is 15.7 Å². The molecule has 0 radical (unpaired) electrons. The van der Waals surface area contributed by atoms with Gasteiger partial charge in [-0.2, -0.15) is 4.99 Å². The van der Waals surface area contributed by atoms with Gasteiger partial charge >= 0.3 is 0 Å². The maximum Gasteiger partial charge on any atom is 0.223 e. The second-order valence-corrected chi connectivity index (χ2v) is 9.33. The van der Waals surface area contributed by atoms with Crippen LogP contribution in [-0.2, 0) is 0 Å². The zero-order chi connectivity index (χ0) is 21.4. The van der Waals surface area contributed by atoms with Crippen molar-refractivity contribution in [3.8, 4) is 5.75 Å². The Morgan fingerprint density at radius 2 is 1.93 bits per heavy atom. The van der Waals surface area contributed by atoms with Crippen molar-refractivity contribution < 1.29 is 4.74 Å². The van der Waals surface area contributed by atoms with Crippen LogP contribution in [0.5, 0.6) is 5.75 Å². The first-order valence-corrected chi connectivity index (χ1v) is 11.4. The first kappa shape index (κ1) is 22.5. The molecule has 1 aromatic rings. The minimum Gasteiger partial charge on any atom is -0.491 e. The zero-order valence-corrected chi connectivity index (χ0v) is 18.9. The number of nitrogens with two attached hydrogens (primary N) is 1. The summed E-state index contributed by atoms with van der Waals surface area (Å²) in [7, 11) is 0. The number of ether oxygens (including phenoxy) is 1. The van der Waals surface area contributed by atoms with E-state index < -0.39 is 0 Å². The Hall–Kier alpha value is -2.15. The molecule has 3 rings (SSSR count). The van der Waals surface area contributed by atoms with E-state index in [-0.39, 0.29) is 11.5 Å². The molecule has 7 nitrogen and oxygen atoms in total. The maximum absolute atomic E-state index is 6.05. The van der Waals surface area contributed by atoms with E-state index in [0.29, 0.717) is 18.5 Å². The monoisotopic (exact) mass is 414 g/mol. The van der Waals surface area contributed by atoms with Crippen LogP contribution < -0.4 is 10.5 Å². The maximum atomic E-state index is 6.05. The molecular formula is C23H38N6O. The van der Waals surface area contributed by atoms with E-state index in [0.717, 1.165) is 12.3 Å². The van der Waals surface area contributed by atoms with Crippen LogP contribution in [0.3, 0.4) is 0 Å². The molecule has 1 saturated carbocycles.